The topological polar surface area (TPSA) is 274 Å². The second-order valence-corrected chi connectivity index (χ2v) is 17.4. The summed E-state index contributed by atoms with van der Waals surface area (Å²) in [5.74, 6) is -4.42. The normalized spacial score (nSPS) is 18.4. The van der Waals surface area contributed by atoms with E-state index in [4.69, 9.17) is 14.5 Å². The number of benzene rings is 2. The average Bonchev–Trinajstić information content (AvgIpc) is 4.06. The molecule has 2 aliphatic carbocycles. The first-order valence-corrected chi connectivity index (χ1v) is 22.3. The molecule has 2 aromatic carbocycles. The molecule has 0 saturated heterocycles. The molecule has 2 aliphatic heterocycles. The maximum absolute atomic E-state index is 15.4. The van der Waals surface area contributed by atoms with Gasteiger partial charge in [-0.25, -0.2) is 19.0 Å². The van der Waals surface area contributed by atoms with Gasteiger partial charge in [0, 0.05) is 29.0 Å². The molecule has 1 saturated carbocycles. The Bertz CT molecular complexity index is 2800. The highest BCUT2D eigenvalue weighted by atomic mass is 19.1. The molecule has 4 aromatic rings. The SMILES string of the molecule is COC(=O)NCC(=O)NCC(=O)N[C@@H](Cc1ccccc1)C(=O)NCC(=O)NCO[C@@H](C)C(=O)N[C@H]1CCc2c(C)c(F)cc3nc4c(c1c23)Cn1c-4cc2c(c1=O)COC(=O)[C@]2(O)CC1CC1. The lowest BCUT2D eigenvalue weighted by molar-refractivity contribution is -0.173. The molecule has 4 aliphatic rings. The van der Waals surface area contributed by atoms with Crippen molar-refractivity contribution in [1.82, 2.24) is 41.5 Å². The Hall–Kier alpha value is -7.26. The van der Waals surface area contributed by atoms with E-state index in [-0.39, 0.29) is 43.0 Å². The van der Waals surface area contributed by atoms with E-state index in [1.165, 1.54) is 17.6 Å². The third kappa shape index (κ3) is 9.75. The molecule has 0 spiro atoms. The van der Waals surface area contributed by atoms with Crippen molar-refractivity contribution < 1.29 is 57.3 Å². The number of aromatic nitrogens is 2. The first kappa shape index (κ1) is 47.2. The van der Waals surface area contributed by atoms with E-state index in [2.05, 4.69) is 36.6 Å². The third-order valence-electron chi connectivity index (χ3n) is 12.8. The molecule has 4 heterocycles. The number of cyclic esters (lactones) is 1. The molecule has 20 nitrogen and oxygen atoms in total. The van der Waals surface area contributed by atoms with Crippen molar-refractivity contribution in [2.24, 2.45) is 5.92 Å². The number of aryl methyl sites for hydroxylation is 1. The van der Waals surface area contributed by atoms with E-state index in [1.54, 1.807) is 43.3 Å². The van der Waals surface area contributed by atoms with Gasteiger partial charge in [0.1, 0.15) is 37.8 Å². The molecular formula is C47H51FN8O12. The maximum Gasteiger partial charge on any atom is 0.407 e. The van der Waals surface area contributed by atoms with E-state index in [9.17, 15) is 43.5 Å². The molecule has 1 fully saturated rings. The first-order valence-electron chi connectivity index (χ1n) is 22.3. The van der Waals surface area contributed by atoms with Crippen molar-refractivity contribution in [3.05, 3.63) is 97.6 Å². The minimum atomic E-state index is -2.00. The van der Waals surface area contributed by atoms with Gasteiger partial charge in [-0.15, -0.1) is 0 Å². The molecule has 7 N–H and O–H groups in total. The van der Waals surface area contributed by atoms with Crippen LogP contribution in [0.2, 0.25) is 0 Å². The number of hydrogen-bond acceptors (Lipinski definition) is 13. The Morgan fingerprint density at radius 2 is 1.65 bits per heavy atom. The van der Waals surface area contributed by atoms with Crippen molar-refractivity contribution >= 4 is 52.5 Å². The molecule has 0 radical (unpaired) electrons. The fraction of sp³-hybridized carbons (Fsp3) is 0.426. The zero-order valence-electron chi connectivity index (χ0n) is 37.5. The van der Waals surface area contributed by atoms with Crippen LogP contribution < -0.4 is 37.5 Å². The number of methoxy groups -OCH3 is 1. The van der Waals surface area contributed by atoms with Crippen LogP contribution in [0.4, 0.5) is 9.18 Å². The minimum absolute atomic E-state index is 0.0557. The standard InChI is InChI=1S/C47H51FN8O12/c1-23-27-11-12-32(40-28-20-56-35(41(28)54-33(39(27)40)15-31(23)48)14-30-29(44(56)62)21-67-45(63)47(30,65)16-26-9-10-26)55-42(60)24(2)68-22-52-37(58)17-50-43(61)34(13-25-7-5-4-6-8-25)53-38(59)19-49-36(57)18-51-46(64)66-3/h4-8,14-15,24,26,32,34,65H,9-13,16-22H2,1-3H3,(H,49,57)(H,50,61)(H,51,64)(H,52,58)(H,53,59)(H,55,60)/t24-,32-,34-,47-/m0/s1. The predicted molar refractivity (Wildman–Crippen MR) is 238 cm³/mol. The summed E-state index contributed by atoms with van der Waals surface area (Å²) in [4.78, 5) is 108. The Labute approximate surface area is 388 Å². The van der Waals surface area contributed by atoms with Gasteiger partial charge in [-0.3, -0.25) is 28.8 Å². The number of pyridine rings is 2. The summed E-state index contributed by atoms with van der Waals surface area (Å²) in [6, 6.07) is 9.97. The molecule has 358 valence electrons. The first-order chi connectivity index (χ1) is 32.6. The number of carbonyl (C=O) groups excluding carboxylic acids is 7. The van der Waals surface area contributed by atoms with Crippen LogP contribution >= 0.6 is 0 Å². The van der Waals surface area contributed by atoms with E-state index >= 15 is 4.39 Å². The molecular weight excluding hydrogens is 888 g/mol. The summed E-state index contributed by atoms with van der Waals surface area (Å²) in [6.07, 6.45) is 0.730. The van der Waals surface area contributed by atoms with Gasteiger partial charge in [-0.1, -0.05) is 43.2 Å². The van der Waals surface area contributed by atoms with Crippen LogP contribution in [0, 0.1) is 18.7 Å². The van der Waals surface area contributed by atoms with E-state index < -0.39 is 103 Å². The zero-order valence-corrected chi connectivity index (χ0v) is 37.5. The summed E-state index contributed by atoms with van der Waals surface area (Å²) in [7, 11) is 1.13. The van der Waals surface area contributed by atoms with Crippen molar-refractivity contribution in [3.63, 3.8) is 0 Å². The van der Waals surface area contributed by atoms with Gasteiger partial charge in [0.05, 0.1) is 55.3 Å². The lowest BCUT2D eigenvalue weighted by Gasteiger charge is -2.32. The lowest BCUT2D eigenvalue weighted by atomic mass is 9.81. The van der Waals surface area contributed by atoms with Crippen LogP contribution in [0.25, 0.3) is 22.3 Å². The molecule has 0 bridgehead atoms. The van der Waals surface area contributed by atoms with Gasteiger partial charge in [-0.05, 0) is 67.3 Å². The van der Waals surface area contributed by atoms with Gasteiger partial charge in [0.2, 0.25) is 29.5 Å². The Morgan fingerprint density at radius 1 is 0.926 bits per heavy atom. The molecule has 2 aromatic heterocycles. The van der Waals surface area contributed by atoms with Crippen molar-refractivity contribution in [3.8, 4) is 11.4 Å². The summed E-state index contributed by atoms with van der Waals surface area (Å²) in [5, 5.41) is 27.5. The summed E-state index contributed by atoms with van der Waals surface area (Å²) in [6.45, 7) is 1.08. The van der Waals surface area contributed by atoms with E-state index in [0.717, 1.165) is 25.5 Å². The zero-order chi connectivity index (χ0) is 48.4. The monoisotopic (exact) mass is 938 g/mol. The third-order valence-corrected chi connectivity index (χ3v) is 12.8. The van der Waals surface area contributed by atoms with Gasteiger partial charge >= 0.3 is 12.1 Å². The Balaban J connectivity index is 0.909. The summed E-state index contributed by atoms with van der Waals surface area (Å²) >= 11 is 0. The molecule has 21 heteroatoms. The van der Waals surface area contributed by atoms with Crippen LogP contribution in [0.15, 0.2) is 47.3 Å². The second-order valence-electron chi connectivity index (χ2n) is 17.4. The van der Waals surface area contributed by atoms with Crippen LogP contribution in [0.1, 0.15) is 77.6 Å². The number of hydrogen-bond donors (Lipinski definition) is 7. The second kappa shape index (κ2) is 19.5. The molecule has 68 heavy (non-hydrogen) atoms. The highest BCUT2D eigenvalue weighted by Gasteiger charge is 2.50. The highest BCUT2D eigenvalue weighted by molar-refractivity contribution is 5.95. The number of esters is 1. The maximum atomic E-state index is 15.4. The summed E-state index contributed by atoms with van der Waals surface area (Å²) < 4.78 is 32.4. The van der Waals surface area contributed by atoms with Gasteiger partial charge in [0.25, 0.3) is 5.56 Å². The number of amides is 6. The van der Waals surface area contributed by atoms with Crippen molar-refractivity contribution in [1.29, 1.82) is 0 Å². The van der Waals surface area contributed by atoms with E-state index in [1.807, 2.05) is 0 Å². The number of ether oxygens (including phenoxy) is 3. The number of fused-ring (bicyclic) bond motifs is 5. The lowest BCUT2D eigenvalue weighted by Crippen LogP contribution is -2.52. The summed E-state index contributed by atoms with van der Waals surface area (Å²) in [5.41, 5.74) is 2.16. The number of carbonyl (C=O) groups is 7. The Kier molecular flexibility index (Phi) is 13.6. The quantitative estimate of drug-likeness (QED) is 0.0503. The molecule has 6 amide bonds. The molecule has 4 atom stereocenters. The van der Waals surface area contributed by atoms with Crippen LogP contribution in [-0.2, 0) is 74.6 Å². The predicted octanol–water partition coefficient (Wildman–Crippen LogP) is 0.815. The largest absolute Gasteiger partial charge is 0.458 e. The number of halogens is 1. The molecule has 0 unspecified atom stereocenters. The van der Waals surface area contributed by atoms with Crippen molar-refractivity contribution in [2.75, 3.05) is 33.5 Å². The highest BCUT2D eigenvalue weighted by Crippen LogP contribution is 2.48. The van der Waals surface area contributed by atoms with E-state index in [0.29, 0.717) is 57.4 Å². The number of nitrogens with zero attached hydrogens (tertiary/aromatic N) is 2. The Morgan fingerprint density at radius 3 is 2.38 bits per heavy atom. The number of aliphatic hydroxyl groups is 1. The van der Waals surface area contributed by atoms with Gasteiger partial charge in [0.15, 0.2) is 5.60 Å². The smallest absolute Gasteiger partial charge is 0.407 e. The van der Waals surface area contributed by atoms with Crippen LogP contribution in [0.3, 0.4) is 0 Å². The fourth-order valence-corrected chi connectivity index (χ4v) is 9.03. The minimum Gasteiger partial charge on any atom is -0.458 e. The van der Waals surface area contributed by atoms with Gasteiger partial charge in [-0.2, -0.15) is 0 Å². The van der Waals surface area contributed by atoms with Crippen LogP contribution in [0.5, 0.6) is 0 Å². The number of nitrogens with one attached hydrogen (secondary N) is 6. The average molecular weight is 939 g/mol. The van der Waals surface area contributed by atoms with Crippen molar-refractivity contribution in [2.45, 2.75) is 89.3 Å². The number of rotatable bonds is 17. The van der Waals surface area contributed by atoms with Crippen LogP contribution in [-0.4, -0.2) is 102 Å². The fourth-order valence-electron chi connectivity index (χ4n) is 9.03. The van der Waals surface area contributed by atoms with Gasteiger partial charge < -0.3 is 55.8 Å². The number of alkyl carbamates (subject to hydrolysis) is 1. The molecule has 8 rings (SSSR count).